The predicted octanol–water partition coefficient (Wildman–Crippen LogP) is 2.50. The molecular weight excluding hydrogens is 224 g/mol. The number of aryl methyl sites for hydroxylation is 1. The minimum atomic E-state index is 0.693. The first kappa shape index (κ1) is 13.5. The Morgan fingerprint density at radius 3 is 2.94 bits per heavy atom. The Morgan fingerprint density at radius 2 is 2.33 bits per heavy atom. The molecule has 1 aromatic heterocycles. The van der Waals surface area contributed by atoms with E-state index in [1.54, 1.807) is 0 Å². The zero-order valence-corrected chi connectivity index (χ0v) is 11.6. The Hall–Kier alpha value is -0.930. The summed E-state index contributed by atoms with van der Waals surface area (Å²) in [5.74, 6) is 0.693. The van der Waals surface area contributed by atoms with E-state index in [2.05, 4.69) is 36.0 Å². The van der Waals surface area contributed by atoms with Crippen molar-refractivity contribution < 1.29 is 4.74 Å². The highest BCUT2D eigenvalue weighted by Crippen LogP contribution is 2.15. The molecule has 1 aromatic rings. The summed E-state index contributed by atoms with van der Waals surface area (Å²) in [6.45, 7) is 6.07. The first-order valence-electron chi connectivity index (χ1n) is 6.98. The van der Waals surface area contributed by atoms with Gasteiger partial charge in [0.05, 0.1) is 12.3 Å². The molecule has 2 rings (SSSR count). The minimum absolute atomic E-state index is 0.693. The Bertz CT molecular complexity index is 344. The van der Waals surface area contributed by atoms with Crippen LogP contribution in [0.25, 0.3) is 0 Å². The van der Waals surface area contributed by atoms with E-state index < -0.39 is 0 Å². The molecule has 3 nitrogen and oxygen atoms in total. The second kappa shape index (κ2) is 6.86. The van der Waals surface area contributed by atoms with Crippen LogP contribution in [0.3, 0.4) is 0 Å². The van der Waals surface area contributed by atoms with Crippen LogP contribution in [0.5, 0.6) is 0 Å². The van der Waals surface area contributed by atoms with Crippen LogP contribution in [0.4, 0.5) is 0 Å². The maximum Gasteiger partial charge on any atom is 0.0544 e. The molecule has 1 aliphatic heterocycles. The van der Waals surface area contributed by atoms with Gasteiger partial charge < -0.3 is 9.64 Å². The molecule has 1 aliphatic rings. The lowest BCUT2D eigenvalue weighted by Gasteiger charge is -2.26. The van der Waals surface area contributed by atoms with Crippen LogP contribution in [0.1, 0.15) is 31.0 Å². The van der Waals surface area contributed by atoms with Gasteiger partial charge in [-0.05, 0) is 43.9 Å². The van der Waals surface area contributed by atoms with Crippen molar-refractivity contribution in [1.29, 1.82) is 0 Å². The average Bonchev–Trinajstić information content (AvgIpc) is 2.40. The molecule has 1 unspecified atom stereocenters. The molecule has 1 fully saturated rings. The van der Waals surface area contributed by atoms with E-state index in [-0.39, 0.29) is 0 Å². The highest BCUT2D eigenvalue weighted by molar-refractivity contribution is 5.13. The Labute approximate surface area is 110 Å². The summed E-state index contributed by atoms with van der Waals surface area (Å²) in [5, 5.41) is 0. The molecule has 0 N–H and O–H groups in total. The quantitative estimate of drug-likeness (QED) is 0.800. The summed E-state index contributed by atoms with van der Waals surface area (Å²) in [6, 6.07) is 4.33. The third-order valence-corrected chi connectivity index (χ3v) is 3.55. The second-order valence-electron chi connectivity index (χ2n) is 5.29. The van der Waals surface area contributed by atoms with Crippen molar-refractivity contribution in [2.24, 2.45) is 5.92 Å². The van der Waals surface area contributed by atoms with Crippen molar-refractivity contribution >= 4 is 0 Å². The van der Waals surface area contributed by atoms with Gasteiger partial charge in [0.1, 0.15) is 0 Å². The van der Waals surface area contributed by atoms with Crippen LogP contribution in [0, 0.1) is 5.92 Å². The Balaban J connectivity index is 1.80. The van der Waals surface area contributed by atoms with Gasteiger partial charge in [-0.3, -0.25) is 4.98 Å². The summed E-state index contributed by atoms with van der Waals surface area (Å²) in [7, 11) is 2.17. The van der Waals surface area contributed by atoms with Gasteiger partial charge >= 0.3 is 0 Å². The summed E-state index contributed by atoms with van der Waals surface area (Å²) in [5.41, 5.74) is 2.47. The molecule has 3 heteroatoms. The first-order valence-corrected chi connectivity index (χ1v) is 6.98. The Morgan fingerprint density at radius 1 is 1.44 bits per heavy atom. The van der Waals surface area contributed by atoms with Gasteiger partial charge in [0, 0.05) is 25.9 Å². The standard InChI is InChI=1S/C15H24N2O/c1-3-13-6-7-15(16-9-13)11-17(2)10-14-5-4-8-18-12-14/h6-7,9,14H,3-5,8,10-12H2,1-2H3. The van der Waals surface area contributed by atoms with Crippen molar-refractivity contribution in [3.05, 3.63) is 29.6 Å². The number of pyridine rings is 1. The lowest BCUT2D eigenvalue weighted by molar-refractivity contribution is 0.0410. The van der Waals surface area contributed by atoms with Gasteiger partial charge in [0.25, 0.3) is 0 Å². The first-order chi connectivity index (χ1) is 8.78. The van der Waals surface area contributed by atoms with E-state index >= 15 is 0 Å². The summed E-state index contributed by atoms with van der Waals surface area (Å²) in [4.78, 5) is 6.86. The third kappa shape index (κ3) is 4.07. The number of aromatic nitrogens is 1. The minimum Gasteiger partial charge on any atom is -0.381 e. The fourth-order valence-corrected chi connectivity index (χ4v) is 2.49. The van der Waals surface area contributed by atoms with E-state index in [0.717, 1.165) is 38.4 Å². The van der Waals surface area contributed by atoms with Crippen LogP contribution >= 0.6 is 0 Å². The Kier molecular flexibility index (Phi) is 5.14. The monoisotopic (exact) mass is 248 g/mol. The lowest BCUT2D eigenvalue weighted by Crippen LogP contribution is -2.30. The molecule has 1 saturated heterocycles. The van der Waals surface area contributed by atoms with Crippen molar-refractivity contribution in [2.45, 2.75) is 32.7 Å². The molecule has 0 saturated carbocycles. The van der Waals surface area contributed by atoms with Gasteiger partial charge in [0.2, 0.25) is 0 Å². The van der Waals surface area contributed by atoms with E-state index in [9.17, 15) is 0 Å². The van der Waals surface area contributed by atoms with Crippen LogP contribution in [-0.2, 0) is 17.7 Å². The molecule has 100 valence electrons. The summed E-state index contributed by atoms with van der Waals surface area (Å²) >= 11 is 0. The highest BCUT2D eigenvalue weighted by Gasteiger charge is 2.16. The number of hydrogen-bond donors (Lipinski definition) is 0. The average molecular weight is 248 g/mol. The number of rotatable bonds is 5. The number of hydrogen-bond acceptors (Lipinski definition) is 3. The normalized spacial score (nSPS) is 20.3. The van der Waals surface area contributed by atoms with Crippen molar-refractivity contribution in [3.8, 4) is 0 Å². The zero-order valence-electron chi connectivity index (χ0n) is 11.6. The van der Waals surface area contributed by atoms with Gasteiger partial charge in [-0.15, -0.1) is 0 Å². The van der Waals surface area contributed by atoms with E-state index in [1.807, 2.05) is 6.20 Å². The maximum atomic E-state index is 5.52. The van der Waals surface area contributed by atoms with Crippen molar-refractivity contribution in [2.75, 3.05) is 26.8 Å². The molecule has 0 aliphatic carbocycles. The fraction of sp³-hybridized carbons (Fsp3) is 0.667. The van der Waals surface area contributed by atoms with Crippen LogP contribution in [-0.4, -0.2) is 36.7 Å². The molecule has 0 bridgehead atoms. The SMILES string of the molecule is CCc1ccc(CN(C)CC2CCCOC2)nc1. The largest absolute Gasteiger partial charge is 0.381 e. The number of nitrogens with zero attached hydrogens (tertiary/aromatic N) is 2. The van der Waals surface area contributed by atoms with Gasteiger partial charge in [-0.1, -0.05) is 13.0 Å². The summed E-state index contributed by atoms with van der Waals surface area (Å²) in [6.07, 6.45) is 5.56. The highest BCUT2D eigenvalue weighted by atomic mass is 16.5. The van der Waals surface area contributed by atoms with Gasteiger partial charge in [0.15, 0.2) is 0 Å². The molecule has 0 amide bonds. The third-order valence-electron chi connectivity index (χ3n) is 3.55. The van der Waals surface area contributed by atoms with E-state index in [0.29, 0.717) is 5.92 Å². The smallest absolute Gasteiger partial charge is 0.0544 e. The predicted molar refractivity (Wildman–Crippen MR) is 73.5 cm³/mol. The van der Waals surface area contributed by atoms with Crippen molar-refractivity contribution in [3.63, 3.8) is 0 Å². The fourth-order valence-electron chi connectivity index (χ4n) is 2.49. The van der Waals surface area contributed by atoms with Gasteiger partial charge in [-0.2, -0.15) is 0 Å². The topological polar surface area (TPSA) is 25.4 Å². The van der Waals surface area contributed by atoms with E-state index in [4.69, 9.17) is 4.74 Å². The molecule has 0 radical (unpaired) electrons. The molecular formula is C15H24N2O. The molecule has 1 atom stereocenters. The maximum absolute atomic E-state index is 5.52. The number of ether oxygens (including phenoxy) is 1. The van der Waals surface area contributed by atoms with Gasteiger partial charge in [-0.25, -0.2) is 0 Å². The second-order valence-corrected chi connectivity index (χ2v) is 5.29. The molecule has 18 heavy (non-hydrogen) atoms. The molecule has 0 aromatic carbocycles. The van der Waals surface area contributed by atoms with E-state index in [1.165, 1.54) is 18.4 Å². The van der Waals surface area contributed by atoms with Crippen LogP contribution in [0.2, 0.25) is 0 Å². The lowest BCUT2D eigenvalue weighted by atomic mass is 10.0. The van der Waals surface area contributed by atoms with Crippen LogP contribution < -0.4 is 0 Å². The molecule has 2 heterocycles. The van der Waals surface area contributed by atoms with Crippen LogP contribution in [0.15, 0.2) is 18.3 Å². The van der Waals surface area contributed by atoms with Crippen molar-refractivity contribution in [1.82, 2.24) is 9.88 Å². The zero-order chi connectivity index (χ0) is 12.8. The summed E-state index contributed by atoms with van der Waals surface area (Å²) < 4.78 is 5.52. The molecule has 0 spiro atoms.